The monoisotopic (exact) mass is 229 g/mol. The fraction of sp³-hybridized carbons (Fsp3) is 0.385. The smallest absolute Gasteiger partial charge is 0.181 e. The summed E-state index contributed by atoms with van der Waals surface area (Å²) in [5.41, 5.74) is 2.25. The van der Waals surface area contributed by atoms with E-state index >= 15 is 0 Å². The maximum atomic E-state index is 9.59. The van der Waals surface area contributed by atoms with Gasteiger partial charge in [0.2, 0.25) is 0 Å². The molecule has 0 saturated heterocycles. The summed E-state index contributed by atoms with van der Waals surface area (Å²) in [5, 5.41) is 14.0. The summed E-state index contributed by atoms with van der Waals surface area (Å²) >= 11 is 0. The van der Waals surface area contributed by atoms with Crippen molar-refractivity contribution in [3.63, 3.8) is 0 Å². The lowest BCUT2D eigenvalue weighted by molar-refractivity contribution is 0.124. The molecule has 17 heavy (non-hydrogen) atoms. The Balaban J connectivity index is 2.00. The van der Waals surface area contributed by atoms with Gasteiger partial charge in [0.15, 0.2) is 5.82 Å². The highest BCUT2D eigenvalue weighted by Crippen LogP contribution is 2.20. The van der Waals surface area contributed by atoms with Crippen LogP contribution in [0, 0.1) is 6.92 Å². The molecule has 1 atom stereocenters. The molecule has 0 aliphatic carbocycles. The second kappa shape index (κ2) is 3.96. The fourth-order valence-electron chi connectivity index (χ4n) is 2.20. The van der Waals surface area contributed by atoms with E-state index < -0.39 is 0 Å². The summed E-state index contributed by atoms with van der Waals surface area (Å²) in [7, 11) is 0. The lowest BCUT2D eigenvalue weighted by Gasteiger charge is -2.16. The standard InChI is InChI=1S/C13H15N3O/c1-9-3-2-4-10(7-9)13-14-12-6-5-11(17)8-16(12)15-13/h2-4,7,11,17H,5-6,8H2,1H3. The van der Waals surface area contributed by atoms with Crippen molar-refractivity contribution in [2.75, 3.05) is 0 Å². The Kier molecular flexibility index (Phi) is 2.44. The van der Waals surface area contributed by atoms with Gasteiger partial charge in [-0.1, -0.05) is 23.8 Å². The molecule has 0 saturated carbocycles. The summed E-state index contributed by atoms with van der Waals surface area (Å²) in [6.07, 6.45) is 1.31. The van der Waals surface area contributed by atoms with Crippen LogP contribution in [0.15, 0.2) is 24.3 Å². The highest BCUT2D eigenvalue weighted by Gasteiger charge is 2.20. The zero-order valence-corrected chi connectivity index (χ0v) is 9.80. The van der Waals surface area contributed by atoms with E-state index in [0.29, 0.717) is 6.54 Å². The Labute approximate surface area is 99.9 Å². The molecule has 2 aromatic rings. The van der Waals surface area contributed by atoms with E-state index in [1.165, 1.54) is 5.56 Å². The lowest BCUT2D eigenvalue weighted by atomic mass is 10.1. The second-order valence-electron chi connectivity index (χ2n) is 4.60. The third-order valence-electron chi connectivity index (χ3n) is 3.11. The summed E-state index contributed by atoms with van der Waals surface area (Å²) in [6, 6.07) is 8.17. The van der Waals surface area contributed by atoms with Crippen LogP contribution in [0.2, 0.25) is 0 Å². The first-order valence-corrected chi connectivity index (χ1v) is 5.91. The van der Waals surface area contributed by atoms with Crippen LogP contribution in [0.3, 0.4) is 0 Å². The van der Waals surface area contributed by atoms with Gasteiger partial charge in [0.05, 0.1) is 12.6 Å². The first kappa shape index (κ1) is 10.5. The highest BCUT2D eigenvalue weighted by atomic mass is 16.3. The number of hydrogen-bond acceptors (Lipinski definition) is 3. The second-order valence-corrected chi connectivity index (χ2v) is 4.60. The van der Waals surface area contributed by atoms with Crippen LogP contribution in [0.25, 0.3) is 11.4 Å². The number of nitrogens with zero attached hydrogens (tertiary/aromatic N) is 3. The molecular weight excluding hydrogens is 214 g/mol. The molecule has 0 bridgehead atoms. The van der Waals surface area contributed by atoms with Crippen LogP contribution < -0.4 is 0 Å². The average Bonchev–Trinajstić information content (AvgIpc) is 2.72. The zero-order valence-electron chi connectivity index (χ0n) is 9.80. The van der Waals surface area contributed by atoms with E-state index in [0.717, 1.165) is 30.1 Å². The number of hydrogen-bond donors (Lipinski definition) is 1. The molecule has 1 unspecified atom stereocenters. The van der Waals surface area contributed by atoms with E-state index in [1.807, 2.05) is 16.8 Å². The minimum absolute atomic E-state index is 0.283. The lowest BCUT2D eigenvalue weighted by Crippen LogP contribution is -2.25. The third-order valence-corrected chi connectivity index (χ3v) is 3.11. The van der Waals surface area contributed by atoms with Crippen molar-refractivity contribution in [1.82, 2.24) is 14.8 Å². The Hall–Kier alpha value is -1.68. The first-order valence-electron chi connectivity index (χ1n) is 5.91. The van der Waals surface area contributed by atoms with Gasteiger partial charge in [-0.05, 0) is 19.4 Å². The van der Waals surface area contributed by atoms with Crippen LogP contribution in [-0.4, -0.2) is 26.0 Å². The van der Waals surface area contributed by atoms with Crippen LogP contribution in [0.4, 0.5) is 0 Å². The molecule has 1 aromatic heterocycles. The van der Waals surface area contributed by atoms with Crippen molar-refractivity contribution in [2.45, 2.75) is 32.4 Å². The Morgan fingerprint density at radius 2 is 2.29 bits per heavy atom. The SMILES string of the molecule is Cc1cccc(-c2nc3n(n2)CC(O)CC3)c1. The van der Waals surface area contributed by atoms with Gasteiger partial charge >= 0.3 is 0 Å². The van der Waals surface area contributed by atoms with E-state index in [2.05, 4.69) is 29.1 Å². The van der Waals surface area contributed by atoms with E-state index in [9.17, 15) is 5.11 Å². The maximum Gasteiger partial charge on any atom is 0.181 e. The van der Waals surface area contributed by atoms with Gasteiger partial charge in [-0.25, -0.2) is 9.67 Å². The van der Waals surface area contributed by atoms with Gasteiger partial charge < -0.3 is 5.11 Å². The predicted octanol–water partition coefficient (Wildman–Crippen LogP) is 1.56. The zero-order chi connectivity index (χ0) is 11.8. The van der Waals surface area contributed by atoms with Crippen molar-refractivity contribution < 1.29 is 5.11 Å². The highest BCUT2D eigenvalue weighted by molar-refractivity contribution is 5.55. The molecule has 4 heteroatoms. The van der Waals surface area contributed by atoms with Gasteiger partial charge in [0, 0.05) is 12.0 Å². The number of aromatic nitrogens is 3. The molecule has 88 valence electrons. The normalized spacial score (nSPS) is 19.1. The summed E-state index contributed by atoms with van der Waals surface area (Å²) in [5.74, 6) is 1.74. The fourth-order valence-corrected chi connectivity index (χ4v) is 2.20. The quantitative estimate of drug-likeness (QED) is 0.807. The van der Waals surface area contributed by atoms with Crippen LogP contribution in [0.5, 0.6) is 0 Å². The topological polar surface area (TPSA) is 50.9 Å². The molecule has 1 aliphatic heterocycles. The Morgan fingerprint density at radius 3 is 3.12 bits per heavy atom. The van der Waals surface area contributed by atoms with Crippen molar-refractivity contribution in [1.29, 1.82) is 0 Å². The van der Waals surface area contributed by atoms with Crippen molar-refractivity contribution >= 4 is 0 Å². The largest absolute Gasteiger partial charge is 0.391 e. The summed E-state index contributed by atoms with van der Waals surface area (Å²) in [6.45, 7) is 2.62. The molecule has 0 radical (unpaired) electrons. The number of aliphatic hydroxyl groups is 1. The molecule has 0 spiro atoms. The maximum absolute atomic E-state index is 9.59. The molecular formula is C13H15N3O. The molecule has 1 aromatic carbocycles. The number of benzene rings is 1. The minimum atomic E-state index is -0.283. The van der Waals surface area contributed by atoms with Gasteiger partial charge in [-0.2, -0.15) is 5.10 Å². The van der Waals surface area contributed by atoms with Gasteiger partial charge in [-0.15, -0.1) is 0 Å². The van der Waals surface area contributed by atoms with E-state index in [-0.39, 0.29) is 6.10 Å². The number of rotatable bonds is 1. The van der Waals surface area contributed by atoms with Crippen LogP contribution >= 0.6 is 0 Å². The summed E-state index contributed by atoms with van der Waals surface area (Å²) in [4.78, 5) is 4.54. The van der Waals surface area contributed by atoms with Crippen molar-refractivity contribution in [3.05, 3.63) is 35.7 Å². The molecule has 3 rings (SSSR count). The van der Waals surface area contributed by atoms with Gasteiger partial charge in [-0.3, -0.25) is 0 Å². The molecule has 2 heterocycles. The first-order chi connectivity index (χ1) is 8.22. The summed E-state index contributed by atoms with van der Waals surface area (Å²) < 4.78 is 1.83. The predicted molar refractivity (Wildman–Crippen MR) is 64.5 cm³/mol. The Morgan fingerprint density at radius 1 is 1.41 bits per heavy atom. The minimum Gasteiger partial charge on any atom is -0.391 e. The van der Waals surface area contributed by atoms with Crippen LogP contribution in [0.1, 0.15) is 17.8 Å². The molecule has 4 nitrogen and oxygen atoms in total. The van der Waals surface area contributed by atoms with E-state index in [4.69, 9.17) is 0 Å². The van der Waals surface area contributed by atoms with Crippen molar-refractivity contribution in [3.8, 4) is 11.4 Å². The number of aliphatic hydroxyl groups excluding tert-OH is 1. The number of aryl methyl sites for hydroxylation is 2. The molecule has 0 fully saturated rings. The Bertz CT molecular complexity index is 547. The number of fused-ring (bicyclic) bond motifs is 1. The molecule has 1 N–H and O–H groups in total. The molecule has 0 amide bonds. The van der Waals surface area contributed by atoms with Gasteiger partial charge in [0.1, 0.15) is 5.82 Å². The van der Waals surface area contributed by atoms with Gasteiger partial charge in [0.25, 0.3) is 0 Å². The van der Waals surface area contributed by atoms with E-state index in [1.54, 1.807) is 0 Å². The van der Waals surface area contributed by atoms with Crippen molar-refractivity contribution in [2.24, 2.45) is 0 Å². The average molecular weight is 229 g/mol. The molecule has 1 aliphatic rings. The third kappa shape index (κ3) is 1.96. The van der Waals surface area contributed by atoms with Crippen LogP contribution in [-0.2, 0) is 13.0 Å².